The second-order valence-electron chi connectivity index (χ2n) is 7.70. The number of hydrogen-bond donors (Lipinski definition) is 0. The Morgan fingerprint density at radius 2 is 1.92 bits per heavy atom. The minimum atomic E-state index is -1.06. The van der Waals surface area contributed by atoms with Crippen molar-refractivity contribution in [2.75, 3.05) is 0 Å². The molecule has 4 heteroatoms. The van der Waals surface area contributed by atoms with E-state index in [1.165, 1.54) is 21.8 Å². The highest BCUT2D eigenvalue weighted by molar-refractivity contribution is 8.00. The van der Waals surface area contributed by atoms with E-state index in [1.54, 1.807) is 6.07 Å². The lowest BCUT2D eigenvalue weighted by molar-refractivity contribution is -0.304. The topological polar surface area (TPSA) is 40.1 Å². The number of thiophene rings is 1. The molecule has 25 heavy (non-hydrogen) atoms. The van der Waals surface area contributed by atoms with Gasteiger partial charge in [0.2, 0.25) is 0 Å². The first-order chi connectivity index (χ1) is 11.6. The van der Waals surface area contributed by atoms with Crippen molar-refractivity contribution < 1.29 is 9.90 Å². The second-order valence-corrected chi connectivity index (χ2v) is 10.6. The van der Waals surface area contributed by atoms with Crippen LogP contribution in [0.25, 0.3) is 0 Å². The number of benzene rings is 1. The molecule has 1 aliphatic heterocycles. The Bertz CT molecular complexity index is 879. The van der Waals surface area contributed by atoms with Crippen LogP contribution in [0.2, 0.25) is 0 Å². The quantitative estimate of drug-likeness (QED) is 0.752. The summed E-state index contributed by atoms with van der Waals surface area (Å²) in [5.74, 6) is 5.32. The van der Waals surface area contributed by atoms with Crippen molar-refractivity contribution in [3.05, 3.63) is 51.2 Å². The Morgan fingerprint density at radius 3 is 2.64 bits per heavy atom. The molecule has 0 fully saturated rings. The van der Waals surface area contributed by atoms with Crippen molar-refractivity contribution in [1.29, 1.82) is 0 Å². The maximum absolute atomic E-state index is 10.7. The maximum atomic E-state index is 10.7. The van der Waals surface area contributed by atoms with E-state index in [0.29, 0.717) is 0 Å². The fourth-order valence-corrected chi connectivity index (χ4v) is 5.99. The number of thioether (sulfide) groups is 1. The summed E-state index contributed by atoms with van der Waals surface area (Å²) < 4.78 is 0.246. The van der Waals surface area contributed by atoms with Crippen LogP contribution >= 0.6 is 23.1 Å². The summed E-state index contributed by atoms with van der Waals surface area (Å²) in [4.78, 5) is 13.7. The lowest BCUT2D eigenvalue weighted by atomic mass is 9.76. The van der Waals surface area contributed by atoms with Gasteiger partial charge in [-0.25, -0.2) is 0 Å². The van der Waals surface area contributed by atoms with Gasteiger partial charge in [-0.05, 0) is 47.7 Å². The first kappa shape index (κ1) is 18.1. The number of carbonyl (C=O) groups is 1. The van der Waals surface area contributed by atoms with Crippen molar-refractivity contribution in [3.8, 4) is 11.8 Å². The highest BCUT2D eigenvalue weighted by atomic mass is 32.2. The van der Waals surface area contributed by atoms with Gasteiger partial charge in [-0.2, -0.15) is 0 Å². The van der Waals surface area contributed by atoms with Gasteiger partial charge >= 0.3 is 0 Å². The molecule has 3 rings (SSSR count). The van der Waals surface area contributed by atoms with Crippen molar-refractivity contribution in [2.45, 2.75) is 55.6 Å². The Labute approximate surface area is 157 Å². The summed E-state index contributed by atoms with van der Waals surface area (Å²) in [6.45, 7) is 9.21. The zero-order valence-electron chi connectivity index (χ0n) is 14.9. The molecule has 0 saturated carbocycles. The van der Waals surface area contributed by atoms with Crippen LogP contribution in [0.15, 0.2) is 35.2 Å². The van der Waals surface area contributed by atoms with Crippen LogP contribution in [0.5, 0.6) is 0 Å². The molecule has 130 valence electrons. The molecule has 1 aromatic carbocycles. The van der Waals surface area contributed by atoms with Gasteiger partial charge in [-0.1, -0.05) is 39.5 Å². The predicted molar refractivity (Wildman–Crippen MR) is 103 cm³/mol. The Balaban J connectivity index is 1.87. The minimum Gasteiger partial charge on any atom is -0.550 e. The number of fused-ring (bicyclic) bond motifs is 1. The largest absolute Gasteiger partial charge is 0.550 e. The third-order valence-electron chi connectivity index (χ3n) is 4.27. The maximum Gasteiger partial charge on any atom is 0.0775 e. The summed E-state index contributed by atoms with van der Waals surface area (Å²) >= 11 is 3.35. The van der Waals surface area contributed by atoms with E-state index in [-0.39, 0.29) is 16.6 Å². The van der Waals surface area contributed by atoms with Gasteiger partial charge in [0.05, 0.1) is 4.88 Å². The highest BCUT2D eigenvalue weighted by Crippen LogP contribution is 2.50. The molecule has 0 N–H and O–H groups in total. The summed E-state index contributed by atoms with van der Waals surface area (Å²) in [7, 11) is 0. The smallest absolute Gasteiger partial charge is 0.0775 e. The van der Waals surface area contributed by atoms with Crippen LogP contribution in [0, 0.1) is 11.8 Å². The second kappa shape index (κ2) is 6.55. The third kappa shape index (κ3) is 4.29. The molecular weight excluding hydrogens is 348 g/mol. The first-order valence-corrected chi connectivity index (χ1v) is 9.92. The molecule has 1 aromatic heterocycles. The van der Waals surface area contributed by atoms with E-state index >= 15 is 0 Å². The summed E-state index contributed by atoms with van der Waals surface area (Å²) in [6, 6.07) is 10.1. The molecule has 0 amide bonds. The van der Waals surface area contributed by atoms with Gasteiger partial charge in [0.25, 0.3) is 0 Å². The summed E-state index contributed by atoms with van der Waals surface area (Å²) in [5, 5.41) is 10.7. The molecule has 2 nitrogen and oxygen atoms in total. The van der Waals surface area contributed by atoms with Gasteiger partial charge in [-0.3, -0.25) is 0 Å². The average molecular weight is 370 g/mol. The third-order valence-corrected chi connectivity index (χ3v) is 6.55. The monoisotopic (exact) mass is 369 g/mol. The molecule has 0 spiro atoms. The van der Waals surface area contributed by atoms with Crippen molar-refractivity contribution in [2.24, 2.45) is 0 Å². The molecule has 0 unspecified atom stereocenters. The van der Waals surface area contributed by atoms with Crippen LogP contribution in [0.1, 0.15) is 55.0 Å². The van der Waals surface area contributed by atoms with Crippen LogP contribution in [0.3, 0.4) is 0 Å². The molecule has 2 heterocycles. The molecule has 0 aliphatic carbocycles. The molecular formula is C21H21O2S2-. The fourth-order valence-electron chi connectivity index (χ4n) is 3.54. The summed E-state index contributed by atoms with van der Waals surface area (Å²) in [5.41, 5.74) is 2.50. The molecule has 0 radical (unpaired) electrons. The van der Waals surface area contributed by atoms with Crippen LogP contribution < -0.4 is 5.11 Å². The van der Waals surface area contributed by atoms with E-state index in [0.717, 1.165) is 21.7 Å². The fraction of sp³-hybridized carbons (Fsp3) is 0.381. The molecule has 2 aromatic rings. The molecule has 0 bridgehead atoms. The van der Waals surface area contributed by atoms with Gasteiger partial charge < -0.3 is 9.90 Å². The Hall–Kier alpha value is -1.70. The van der Waals surface area contributed by atoms with Crippen molar-refractivity contribution in [3.63, 3.8) is 0 Å². The minimum absolute atomic E-state index is 0.0492. The lowest BCUT2D eigenvalue weighted by Gasteiger charge is -2.41. The number of aliphatic carboxylic acids is 1. The number of rotatable bonds is 2. The zero-order chi connectivity index (χ0) is 18.2. The van der Waals surface area contributed by atoms with Crippen molar-refractivity contribution in [1.82, 2.24) is 0 Å². The summed E-state index contributed by atoms with van der Waals surface area (Å²) in [6.07, 6.45) is 1.08. The highest BCUT2D eigenvalue weighted by Gasteiger charge is 2.37. The van der Waals surface area contributed by atoms with Gasteiger partial charge in [0.1, 0.15) is 0 Å². The van der Waals surface area contributed by atoms with Crippen LogP contribution in [0.4, 0.5) is 0 Å². The standard InChI is InChI=1S/C21H22O2S2/c1-20(2)13-21(3,4)25-18-10-6-14(11-17(18)20)5-7-15-8-9-16(24-15)12-19(22)23/h6,8-11H,12-13H2,1-4H3,(H,22,23)/p-1. The van der Waals surface area contributed by atoms with Crippen LogP contribution in [-0.2, 0) is 16.6 Å². The van der Waals surface area contributed by atoms with Gasteiger partial charge in [-0.15, -0.1) is 23.1 Å². The number of carbonyl (C=O) groups excluding carboxylic acids is 1. The molecule has 0 saturated heterocycles. The molecule has 1 aliphatic rings. The number of carboxylic acids is 1. The van der Waals surface area contributed by atoms with Crippen LogP contribution in [-0.4, -0.2) is 10.7 Å². The predicted octanol–water partition coefficient (Wildman–Crippen LogP) is 3.99. The number of carboxylic acid groups (broad SMARTS) is 1. The first-order valence-electron chi connectivity index (χ1n) is 8.29. The van der Waals surface area contributed by atoms with E-state index < -0.39 is 5.97 Å². The number of hydrogen-bond acceptors (Lipinski definition) is 4. The molecule has 0 atom stereocenters. The van der Waals surface area contributed by atoms with Gasteiger partial charge in [0, 0.05) is 32.5 Å². The Morgan fingerprint density at radius 1 is 1.16 bits per heavy atom. The Kier molecular flexibility index (Phi) is 4.74. The van der Waals surface area contributed by atoms with E-state index in [1.807, 2.05) is 17.8 Å². The SMILES string of the molecule is CC1(C)CC(C)(C)c2cc(C#Cc3ccc(CC(=O)[O-])s3)ccc2S1. The van der Waals surface area contributed by atoms with E-state index in [4.69, 9.17) is 0 Å². The lowest BCUT2D eigenvalue weighted by Crippen LogP contribution is -2.33. The zero-order valence-corrected chi connectivity index (χ0v) is 16.6. The van der Waals surface area contributed by atoms with Gasteiger partial charge in [0.15, 0.2) is 0 Å². The normalized spacial score (nSPS) is 17.3. The van der Waals surface area contributed by atoms with Crippen molar-refractivity contribution >= 4 is 29.1 Å². The average Bonchev–Trinajstić information content (AvgIpc) is 2.90. The van der Waals surface area contributed by atoms with E-state index in [2.05, 4.69) is 57.7 Å². The van der Waals surface area contributed by atoms with E-state index in [9.17, 15) is 9.90 Å².